The monoisotopic (exact) mass is 409 g/mol. The Hall–Kier alpha value is -1.30. The predicted octanol–water partition coefficient (Wildman–Crippen LogP) is 3.56. The first-order chi connectivity index (χ1) is 11.9. The fourth-order valence-corrected chi connectivity index (χ4v) is 6.91. The van der Waals surface area contributed by atoms with Crippen molar-refractivity contribution in [1.82, 2.24) is 5.32 Å². The van der Waals surface area contributed by atoms with Crippen LogP contribution in [0.5, 0.6) is 0 Å². The van der Waals surface area contributed by atoms with Crippen LogP contribution >= 0.6 is 15.9 Å². The van der Waals surface area contributed by atoms with Crippen LogP contribution in [-0.2, 0) is 20.9 Å². The number of carbonyl (C=O) groups is 2. The molecule has 1 aromatic rings. The van der Waals surface area contributed by atoms with Crippen molar-refractivity contribution in [1.29, 1.82) is 0 Å². The van der Waals surface area contributed by atoms with E-state index < -0.39 is 11.5 Å². The Morgan fingerprint density at radius 3 is 2.68 bits per heavy atom. The number of halogens is 1. The molecule has 0 radical (unpaired) electrons. The predicted molar refractivity (Wildman–Crippen MR) is 94.9 cm³/mol. The van der Waals surface area contributed by atoms with Gasteiger partial charge in [-0.15, -0.1) is 0 Å². The zero-order chi connectivity index (χ0) is 17.7. The number of ether oxygens (including phenoxy) is 1. The molecule has 0 spiro atoms. The molecule has 25 heavy (non-hydrogen) atoms. The summed E-state index contributed by atoms with van der Waals surface area (Å²) in [6.45, 7) is 1.94. The van der Waals surface area contributed by atoms with Gasteiger partial charge in [-0.1, -0.05) is 15.9 Å². The van der Waals surface area contributed by atoms with Gasteiger partial charge in [0.15, 0.2) is 6.10 Å². The van der Waals surface area contributed by atoms with E-state index >= 15 is 0 Å². The molecule has 1 N–H and O–H groups in total. The second-order valence-electron chi connectivity index (χ2n) is 8.24. The maximum atomic E-state index is 12.9. The lowest BCUT2D eigenvalue weighted by atomic mass is 9.49. The summed E-state index contributed by atoms with van der Waals surface area (Å²) in [7, 11) is 0. The number of hydrogen-bond acceptors (Lipinski definition) is 4. The summed E-state index contributed by atoms with van der Waals surface area (Å²) in [4.78, 5) is 25.2. The Bertz CT molecular complexity index is 657. The van der Waals surface area contributed by atoms with Gasteiger partial charge < -0.3 is 14.5 Å². The maximum Gasteiger partial charge on any atom is 0.312 e. The molecule has 5 rings (SSSR count). The Morgan fingerprint density at radius 2 is 2.08 bits per heavy atom. The maximum absolute atomic E-state index is 12.9. The summed E-state index contributed by atoms with van der Waals surface area (Å²) < 4.78 is 10.9. The molecule has 4 saturated carbocycles. The molecule has 136 valence electrons. The van der Waals surface area contributed by atoms with Gasteiger partial charge in [-0.3, -0.25) is 9.59 Å². The molecule has 4 bridgehead atoms. The molecule has 1 aromatic heterocycles. The van der Waals surface area contributed by atoms with Crippen molar-refractivity contribution in [2.45, 2.75) is 62.4 Å². The Morgan fingerprint density at radius 1 is 1.36 bits per heavy atom. The summed E-state index contributed by atoms with van der Waals surface area (Å²) in [5.74, 6) is 1.41. The average Bonchev–Trinajstić information content (AvgIpc) is 3.03. The van der Waals surface area contributed by atoms with Crippen LogP contribution in [0.25, 0.3) is 0 Å². The number of furan rings is 1. The molecule has 0 aliphatic heterocycles. The Balaban J connectivity index is 1.37. The first kappa shape index (κ1) is 17.1. The van der Waals surface area contributed by atoms with Gasteiger partial charge >= 0.3 is 5.97 Å². The molecular formula is C19H24BrNO4. The van der Waals surface area contributed by atoms with Crippen molar-refractivity contribution in [2.24, 2.45) is 17.3 Å². The first-order valence-electron chi connectivity index (χ1n) is 9.08. The van der Waals surface area contributed by atoms with Crippen molar-refractivity contribution >= 4 is 27.8 Å². The normalized spacial score (nSPS) is 36.9. The molecule has 0 saturated heterocycles. The van der Waals surface area contributed by atoms with Crippen LogP contribution in [0.2, 0.25) is 0 Å². The van der Waals surface area contributed by atoms with Crippen LogP contribution in [0.4, 0.5) is 0 Å². The van der Waals surface area contributed by atoms with Gasteiger partial charge in [-0.2, -0.15) is 0 Å². The minimum Gasteiger partial charge on any atom is -0.467 e. The number of carbonyl (C=O) groups excluding carboxylic acids is 2. The van der Waals surface area contributed by atoms with Crippen LogP contribution in [0.3, 0.4) is 0 Å². The molecule has 5 nitrogen and oxygen atoms in total. The quantitative estimate of drug-likeness (QED) is 0.596. The highest BCUT2D eigenvalue weighted by atomic mass is 79.9. The molecule has 1 amide bonds. The minimum atomic E-state index is -0.790. The summed E-state index contributed by atoms with van der Waals surface area (Å²) in [5.41, 5.74) is -0.400. The molecule has 1 heterocycles. The minimum absolute atomic E-state index is 0.0981. The lowest BCUT2D eigenvalue weighted by Gasteiger charge is -2.58. The van der Waals surface area contributed by atoms with E-state index in [9.17, 15) is 9.59 Å². The Labute approximate surface area is 156 Å². The summed E-state index contributed by atoms with van der Waals surface area (Å²) >= 11 is 3.91. The molecule has 4 aliphatic rings. The summed E-state index contributed by atoms with van der Waals surface area (Å²) in [6, 6.07) is 3.57. The van der Waals surface area contributed by atoms with Crippen molar-refractivity contribution in [2.75, 3.05) is 0 Å². The highest BCUT2D eigenvalue weighted by Crippen LogP contribution is 2.64. The summed E-state index contributed by atoms with van der Waals surface area (Å²) in [5, 5.41) is 2.75. The van der Waals surface area contributed by atoms with E-state index in [0.717, 1.165) is 32.1 Å². The fraction of sp³-hybridized carbons (Fsp3) is 0.684. The number of rotatable bonds is 5. The number of amides is 1. The molecule has 4 aliphatic carbocycles. The van der Waals surface area contributed by atoms with Crippen molar-refractivity contribution in [3.63, 3.8) is 0 Å². The van der Waals surface area contributed by atoms with E-state index in [4.69, 9.17) is 9.15 Å². The second kappa shape index (κ2) is 6.15. The SMILES string of the molecule is C[C@@H](OC(=O)C12C[C@@H]3C[C@@H](CC(Br)(C3)C1)C2)C(=O)NCc1ccco1. The van der Waals surface area contributed by atoms with Gasteiger partial charge in [0.2, 0.25) is 0 Å². The van der Waals surface area contributed by atoms with Crippen LogP contribution in [0, 0.1) is 17.3 Å². The lowest BCUT2D eigenvalue weighted by molar-refractivity contribution is -0.176. The standard InChI is InChI=1S/C19H24BrNO4/c1-12(16(22)21-10-15-3-2-4-24-15)25-17(23)18-6-13-5-14(7-18)9-19(20,8-13)11-18/h2-4,12-14H,5-11H2,1H3,(H,21,22)/t12-,13-,14+,18?,19?/m1/s1. The molecule has 5 atom stereocenters. The number of hydrogen-bond donors (Lipinski definition) is 1. The highest BCUT2D eigenvalue weighted by molar-refractivity contribution is 9.10. The third-order valence-corrected chi connectivity index (χ3v) is 7.02. The van der Waals surface area contributed by atoms with E-state index in [-0.39, 0.29) is 16.2 Å². The van der Waals surface area contributed by atoms with Crippen LogP contribution < -0.4 is 5.32 Å². The zero-order valence-corrected chi connectivity index (χ0v) is 16.0. The van der Waals surface area contributed by atoms with Gasteiger partial charge in [0.05, 0.1) is 18.2 Å². The summed E-state index contributed by atoms with van der Waals surface area (Å²) in [6.07, 6.45) is 7.01. The van der Waals surface area contributed by atoms with E-state index in [2.05, 4.69) is 21.2 Å². The number of esters is 1. The van der Waals surface area contributed by atoms with Crippen LogP contribution in [0.1, 0.15) is 51.2 Å². The van der Waals surface area contributed by atoms with Gasteiger partial charge in [0, 0.05) is 4.32 Å². The van der Waals surface area contributed by atoms with Crippen LogP contribution in [-0.4, -0.2) is 22.3 Å². The second-order valence-corrected chi connectivity index (χ2v) is 9.92. The first-order valence-corrected chi connectivity index (χ1v) is 9.87. The van der Waals surface area contributed by atoms with Gasteiger partial charge in [-0.05, 0) is 69.4 Å². The molecule has 4 fully saturated rings. The van der Waals surface area contributed by atoms with Crippen molar-refractivity contribution in [3.05, 3.63) is 24.2 Å². The van der Waals surface area contributed by atoms with Gasteiger partial charge in [0.1, 0.15) is 5.76 Å². The third kappa shape index (κ3) is 3.25. The zero-order valence-electron chi connectivity index (χ0n) is 14.4. The average molecular weight is 410 g/mol. The number of nitrogens with one attached hydrogen (secondary N) is 1. The van der Waals surface area contributed by atoms with E-state index in [0.29, 0.717) is 24.1 Å². The van der Waals surface area contributed by atoms with Crippen LogP contribution in [0.15, 0.2) is 22.8 Å². The largest absolute Gasteiger partial charge is 0.467 e. The smallest absolute Gasteiger partial charge is 0.312 e. The molecule has 2 unspecified atom stereocenters. The topological polar surface area (TPSA) is 68.5 Å². The van der Waals surface area contributed by atoms with Crippen molar-refractivity contribution < 1.29 is 18.7 Å². The van der Waals surface area contributed by atoms with E-state index in [1.807, 2.05) is 0 Å². The molecule has 0 aromatic carbocycles. The van der Waals surface area contributed by atoms with Crippen molar-refractivity contribution in [3.8, 4) is 0 Å². The molecule has 6 heteroatoms. The lowest BCUT2D eigenvalue weighted by Crippen LogP contribution is -2.56. The van der Waals surface area contributed by atoms with E-state index in [1.165, 1.54) is 6.42 Å². The van der Waals surface area contributed by atoms with Gasteiger partial charge in [-0.25, -0.2) is 0 Å². The number of alkyl halides is 1. The van der Waals surface area contributed by atoms with Gasteiger partial charge in [0.25, 0.3) is 5.91 Å². The Kier molecular flexibility index (Phi) is 4.21. The third-order valence-electron chi connectivity index (χ3n) is 6.09. The highest BCUT2D eigenvalue weighted by Gasteiger charge is 2.60. The van der Waals surface area contributed by atoms with E-state index in [1.54, 1.807) is 25.3 Å². The molecular weight excluding hydrogens is 386 g/mol. The fourth-order valence-electron chi connectivity index (χ4n) is 5.46.